The minimum absolute atomic E-state index is 0.674. The van der Waals surface area contributed by atoms with Gasteiger partial charge in [0.25, 0.3) is 0 Å². The topological polar surface area (TPSA) is 52.1 Å². The van der Waals surface area contributed by atoms with Crippen molar-refractivity contribution >= 4 is 43.9 Å². The van der Waals surface area contributed by atoms with Crippen LogP contribution in [0.5, 0.6) is 0 Å². The van der Waals surface area contributed by atoms with Crippen LogP contribution in [0.4, 0.5) is 0 Å². The van der Waals surface area contributed by atoms with Gasteiger partial charge in [-0.2, -0.15) is 0 Å². The Morgan fingerprint density at radius 1 is 0.320 bits per heavy atom. The van der Waals surface area contributed by atoms with E-state index in [2.05, 4.69) is 115 Å². The van der Waals surface area contributed by atoms with Crippen molar-refractivity contribution in [3.63, 3.8) is 0 Å². The second kappa shape index (κ2) is 11.4. The zero-order valence-electron chi connectivity index (χ0n) is 26.9. The first kappa shape index (κ1) is 28.3. The standard InChI is InChI=1S/C46H28N2O2/c1-2-11-30(12-3-1)38-28-39(33-14-8-13-32(27-33)35-18-10-22-43-45(35)37-16-5-7-20-41(37)50-43)48-46(47-38)31-25-23-29(24-26-31)34-17-9-21-42-44(34)36-15-4-6-19-40(36)49-42/h1-28H. The van der Waals surface area contributed by atoms with Crippen LogP contribution in [0.2, 0.25) is 0 Å². The molecule has 0 saturated heterocycles. The monoisotopic (exact) mass is 640 g/mol. The molecule has 3 aromatic heterocycles. The number of hydrogen-bond acceptors (Lipinski definition) is 4. The lowest BCUT2D eigenvalue weighted by Crippen LogP contribution is -1.96. The Bertz CT molecular complexity index is 2860. The van der Waals surface area contributed by atoms with Crippen LogP contribution in [0.1, 0.15) is 0 Å². The second-order valence-electron chi connectivity index (χ2n) is 12.5. The lowest BCUT2D eigenvalue weighted by Gasteiger charge is -2.11. The van der Waals surface area contributed by atoms with Gasteiger partial charge < -0.3 is 8.83 Å². The molecule has 7 aromatic carbocycles. The number of benzene rings is 7. The predicted molar refractivity (Wildman–Crippen MR) is 204 cm³/mol. The van der Waals surface area contributed by atoms with E-state index in [9.17, 15) is 0 Å². The molecule has 50 heavy (non-hydrogen) atoms. The van der Waals surface area contributed by atoms with Gasteiger partial charge in [0.05, 0.1) is 11.4 Å². The van der Waals surface area contributed by atoms with Crippen LogP contribution in [-0.2, 0) is 0 Å². The average Bonchev–Trinajstić information content (AvgIpc) is 3.77. The first-order chi connectivity index (χ1) is 24.8. The van der Waals surface area contributed by atoms with Crippen molar-refractivity contribution in [1.82, 2.24) is 9.97 Å². The predicted octanol–water partition coefficient (Wildman–Crippen LogP) is 12.6. The van der Waals surface area contributed by atoms with Crippen molar-refractivity contribution in [1.29, 1.82) is 0 Å². The number of rotatable bonds is 5. The molecule has 4 heteroatoms. The highest BCUT2D eigenvalue weighted by molar-refractivity contribution is 6.13. The van der Waals surface area contributed by atoms with Gasteiger partial charge in [0.15, 0.2) is 5.82 Å². The number of hydrogen-bond donors (Lipinski definition) is 0. The maximum atomic E-state index is 6.21. The van der Waals surface area contributed by atoms with Gasteiger partial charge in [0.1, 0.15) is 22.3 Å². The van der Waals surface area contributed by atoms with Crippen LogP contribution in [-0.4, -0.2) is 9.97 Å². The molecule has 0 aliphatic heterocycles. The fraction of sp³-hybridized carbons (Fsp3) is 0. The summed E-state index contributed by atoms with van der Waals surface area (Å²) < 4.78 is 12.4. The number of furan rings is 2. The average molecular weight is 641 g/mol. The highest BCUT2D eigenvalue weighted by atomic mass is 16.3. The van der Waals surface area contributed by atoms with E-state index >= 15 is 0 Å². The van der Waals surface area contributed by atoms with E-state index in [0.29, 0.717) is 5.82 Å². The van der Waals surface area contributed by atoms with Gasteiger partial charge >= 0.3 is 0 Å². The summed E-state index contributed by atoms with van der Waals surface area (Å²) in [6, 6.07) is 58.5. The Kier molecular flexibility index (Phi) is 6.46. The molecule has 0 unspecified atom stereocenters. The largest absolute Gasteiger partial charge is 0.456 e. The zero-order valence-corrected chi connectivity index (χ0v) is 26.9. The smallest absolute Gasteiger partial charge is 0.160 e. The van der Waals surface area contributed by atoms with Gasteiger partial charge in [-0.3, -0.25) is 0 Å². The molecule has 10 rings (SSSR count). The minimum atomic E-state index is 0.674. The number of nitrogens with zero attached hydrogens (tertiary/aromatic N) is 2. The molecule has 0 aliphatic carbocycles. The molecule has 0 radical (unpaired) electrons. The van der Waals surface area contributed by atoms with E-state index in [1.54, 1.807) is 0 Å². The fourth-order valence-corrected chi connectivity index (χ4v) is 7.16. The van der Waals surface area contributed by atoms with Crippen molar-refractivity contribution in [2.24, 2.45) is 0 Å². The number of fused-ring (bicyclic) bond motifs is 6. The quantitative estimate of drug-likeness (QED) is 0.188. The van der Waals surface area contributed by atoms with Crippen LogP contribution in [0.25, 0.3) is 100 Å². The molecule has 4 nitrogen and oxygen atoms in total. The summed E-state index contributed by atoms with van der Waals surface area (Å²) in [6.45, 7) is 0. The summed E-state index contributed by atoms with van der Waals surface area (Å²) in [5, 5.41) is 4.47. The van der Waals surface area contributed by atoms with E-state index in [-0.39, 0.29) is 0 Å². The van der Waals surface area contributed by atoms with E-state index in [1.165, 1.54) is 0 Å². The highest BCUT2D eigenvalue weighted by Gasteiger charge is 2.16. The summed E-state index contributed by atoms with van der Waals surface area (Å²) in [5.41, 5.74) is 12.8. The number of aromatic nitrogens is 2. The number of para-hydroxylation sites is 2. The van der Waals surface area contributed by atoms with Gasteiger partial charge in [-0.15, -0.1) is 0 Å². The first-order valence-electron chi connectivity index (χ1n) is 16.7. The van der Waals surface area contributed by atoms with Crippen LogP contribution in [0.3, 0.4) is 0 Å². The van der Waals surface area contributed by atoms with Gasteiger partial charge in [0, 0.05) is 38.2 Å². The van der Waals surface area contributed by atoms with Crippen LogP contribution in [0, 0.1) is 0 Å². The molecule has 10 aromatic rings. The van der Waals surface area contributed by atoms with E-state index < -0.39 is 0 Å². The molecule has 0 amide bonds. The molecular weight excluding hydrogens is 613 g/mol. The Labute approximate surface area is 287 Å². The third-order valence-electron chi connectivity index (χ3n) is 9.52. The Hall–Kier alpha value is -6.78. The molecule has 0 aliphatic rings. The van der Waals surface area contributed by atoms with E-state index in [4.69, 9.17) is 18.8 Å². The van der Waals surface area contributed by atoms with Crippen molar-refractivity contribution in [2.45, 2.75) is 0 Å². The molecule has 0 spiro atoms. The summed E-state index contributed by atoms with van der Waals surface area (Å²) >= 11 is 0. The Balaban J connectivity index is 1.09. The van der Waals surface area contributed by atoms with Crippen molar-refractivity contribution in [2.75, 3.05) is 0 Å². The second-order valence-corrected chi connectivity index (χ2v) is 12.5. The van der Waals surface area contributed by atoms with E-state index in [1.807, 2.05) is 54.6 Å². The summed E-state index contributed by atoms with van der Waals surface area (Å²) in [4.78, 5) is 10.3. The normalized spacial score (nSPS) is 11.6. The third-order valence-corrected chi connectivity index (χ3v) is 9.52. The molecule has 3 heterocycles. The maximum Gasteiger partial charge on any atom is 0.160 e. The minimum Gasteiger partial charge on any atom is -0.456 e. The van der Waals surface area contributed by atoms with Crippen molar-refractivity contribution in [3.05, 3.63) is 170 Å². The van der Waals surface area contributed by atoms with Crippen molar-refractivity contribution in [3.8, 4) is 56.2 Å². The highest BCUT2D eigenvalue weighted by Crippen LogP contribution is 2.39. The van der Waals surface area contributed by atoms with Crippen LogP contribution in [0.15, 0.2) is 179 Å². The third kappa shape index (κ3) is 4.69. The van der Waals surface area contributed by atoms with Gasteiger partial charge in [-0.1, -0.05) is 133 Å². The molecule has 0 bridgehead atoms. The fourth-order valence-electron chi connectivity index (χ4n) is 7.16. The van der Waals surface area contributed by atoms with E-state index in [0.717, 1.165) is 94.2 Å². The molecular formula is C46H28N2O2. The molecule has 0 saturated carbocycles. The van der Waals surface area contributed by atoms with Crippen molar-refractivity contribution < 1.29 is 8.83 Å². The summed E-state index contributed by atoms with van der Waals surface area (Å²) in [7, 11) is 0. The lowest BCUT2D eigenvalue weighted by molar-refractivity contribution is 0.668. The zero-order chi connectivity index (χ0) is 33.0. The van der Waals surface area contributed by atoms with Gasteiger partial charge in [-0.05, 0) is 58.7 Å². The lowest BCUT2D eigenvalue weighted by atomic mass is 9.96. The first-order valence-corrected chi connectivity index (χ1v) is 16.7. The maximum absolute atomic E-state index is 6.21. The molecule has 234 valence electrons. The summed E-state index contributed by atoms with van der Waals surface area (Å²) in [6.07, 6.45) is 0. The Morgan fingerprint density at radius 3 is 1.46 bits per heavy atom. The summed E-state index contributed by atoms with van der Waals surface area (Å²) in [5.74, 6) is 0.674. The van der Waals surface area contributed by atoms with Gasteiger partial charge in [0.2, 0.25) is 0 Å². The molecule has 0 atom stereocenters. The Morgan fingerprint density at radius 2 is 0.800 bits per heavy atom. The SMILES string of the molecule is c1ccc(-c2cc(-c3cccc(-c4cccc5oc6ccccc6c45)c3)nc(-c3ccc(-c4cccc5oc6ccccc6c45)cc3)n2)cc1. The van der Waals surface area contributed by atoms with Crippen LogP contribution >= 0.6 is 0 Å². The van der Waals surface area contributed by atoms with Crippen LogP contribution < -0.4 is 0 Å². The molecule has 0 N–H and O–H groups in total. The van der Waals surface area contributed by atoms with Gasteiger partial charge in [-0.25, -0.2) is 9.97 Å². The molecule has 0 fully saturated rings.